The lowest BCUT2D eigenvalue weighted by atomic mass is 10.0. The highest BCUT2D eigenvalue weighted by Gasteiger charge is 2.27. The molecule has 0 aromatic heterocycles. The fourth-order valence-electron chi connectivity index (χ4n) is 3.99. The summed E-state index contributed by atoms with van der Waals surface area (Å²) in [6.45, 7) is 10.4. The minimum Gasteiger partial charge on any atom is -0.481 e. The van der Waals surface area contributed by atoms with Gasteiger partial charge in [-0.2, -0.15) is 0 Å². The molecule has 0 spiro atoms. The molecule has 30 heavy (non-hydrogen) atoms. The third-order valence-corrected chi connectivity index (χ3v) is 5.72. The van der Waals surface area contributed by atoms with Crippen LogP contribution in [-0.2, 0) is 11.3 Å². The Labute approximate surface area is 178 Å². The number of amides is 1. The molecular weight excluding hydrogens is 380 g/mol. The van der Waals surface area contributed by atoms with Gasteiger partial charge in [0.05, 0.1) is 0 Å². The van der Waals surface area contributed by atoms with E-state index >= 15 is 0 Å². The van der Waals surface area contributed by atoms with Crippen molar-refractivity contribution in [2.75, 3.05) is 33.0 Å². The number of hydrogen-bond acceptors (Lipinski definition) is 5. The number of piperazine rings is 1. The summed E-state index contributed by atoms with van der Waals surface area (Å²) in [5, 5.41) is 0. The van der Waals surface area contributed by atoms with Crippen LogP contribution in [0.25, 0.3) is 0 Å². The number of para-hydroxylation sites is 1. The highest BCUT2D eigenvalue weighted by molar-refractivity contribution is 5.81. The Morgan fingerprint density at radius 3 is 2.50 bits per heavy atom. The second-order valence-electron chi connectivity index (χ2n) is 8.24. The average molecular weight is 411 g/mol. The highest BCUT2D eigenvalue weighted by atomic mass is 16.7. The topological polar surface area (TPSA) is 51.2 Å². The molecular formula is C24H30N2O4. The summed E-state index contributed by atoms with van der Waals surface area (Å²) < 4.78 is 16.9. The van der Waals surface area contributed by atoms with E-state index < -0.39 is 6.10 Å². The van der Waals surface area contributed by atoms with Gasteiger partial charge >= 0.3 is 0 Å². The van der Waals surface area contributed by atoms with E-state index in [1.165, 1.54) is 5.56 Å². The molecule has 1 saturated heterocycles. The zero-order chi connectivity index (χ0) is 21.1. The van der Waals surface area contributed by atoms with Crippen LogP contribution in [0.15, 0.2) is 42.5 Å². The van der Waals surface area contributed by atoms with Crippen LogP contribution in [0.1, 0.15) is 37.8 Å². The van der Waals surface area contributed by atoms with Crippen LogP contribution >= 0.6 is 0 Å². The monoisotopic (exact) mass is 410 g/mol. The van der Waals surface area contributed by atoms with Crippen molar-refractivity contribution >= 4 is 5.91 Å². The maximum Gasteiger partial charge on any atom is 0.263 e. The molecule has 1 unspecified atom stereocenters. The number of fused-ring (bicyclic) bond motifs is 1. The summed E-state index contributed by atoms with van der Waals surface area (Å²) in [4.78, 5) is 17.2. The van der Waals surface area contributed by atoms with E-state index in [2.05, 4.69) is 30.9 Å². The molecule has 0 saturated carbocycles. The van der Waals surface area contributed by atoms with Crippen LogP contribution in [0, 0.1) is 0 Å². The zero-order valence-electron chi connectivity index (χ0n) is 18.0. The van der Waals surface area contributed by atoms with E-state index in [9.17, 15) is 4.79 Å². The average Bonchev–Trinajstić information content (AvgIpc) is 3.22. The molecule has 2 aliphatic heterocycles. The fourth-order valence-corrected chi connectivity index (χ4v) is 3.99. The maximum atomic E-state index is 12.9. The summed E-state index contributed by atoms with van der Waals surface area (Å²) in [6, 6.07) is 14.1. The third kappa shape index (κ3) is 4.54. The van der Waals surface area contributed by atoms with Crippen LogP contribution in [0.4, 0.5) is 0 Å². The van der Waals surface area contributed by atoms with Gasteiger partial charge in [-0.15, -0.1) is 0 Å². The van der Waals surface area contributed by atoms with Gasteiger partial charge in [0.2, 0.25) is 6.79 Å². The Morgan fingerprint density at radius 1 is 1.00 bits per heavy atom. The van der Waals surface area contributed by atoms with E-state index in [4.69, 9.17) is 14.2 Å². The molecule has 2 aromatic rings. The van der Waals surface area contributed by atoms with Gasteiger partial charge in [-0.05, 0) is 42.2 Å². The molecule has 0 bridgehead atoms. The fraction of sp³-hybridized carbons (Fsp3) is 0.458. The van der Waals surface area contributed by atoms with Gasteiger partial charge < -0.3 is 19.1 Å². The highest BCUT2D eigenvalue weighted by Crippen LogP contribution is 2.33. The summed E-state index contributed by atoms with van der Waals surface area (Å²) in [6.07, 6.45) is -0.495. The molecule has 2 aromatic carbocycles. The van der Waals surface area contributed by atoms with Gasteiger partial charge in [-0.3, -0.25) is 9.69 Å². The van der Waals surface area contributed by atoms with E-state index in [1.54, 1.807) is 0 Å². The maximum absolute atomic E-state index is 12.9. The van der Waals surface area contributed by atoms with Crippen LogP contribution in [0.3, 0.4) is 0 Å². The van der Waals surface area contributed by atoms with Gasteiger partial charge in [0.15, 0.2) is 17.6 Å². The van der Waals surface area contributed by atoms with Crippen molar-refractivity contribution in [2.45, 2.75) is 39.3 Å². The summed E-state index contributed by atoms with van der Waals surface area (Å²) in [5.74, 6) is 2.82. The van der Waals surface area contributed by atoms with Gasteiger partial charge in [-0.25, -0.2) is 0 Å². The van der Waals surface area contributed by atoms with Gasteiger partial charge in [0.1, 0.15) is 5.75 Å². The first kappa shape index (κ1) is 20.5. The van der Waals surface area contributed by atoms with Crippen LogP contribution < -0.4 is 14.2 Å². The van der Waals surface area contributed by atoms with E-state index in [0.717, 1.165) is 42.4 Å². The quantitative estimate of drug-likeness (QED) is 0.728. The number of nitrogens with zero attached hydrogens (tertiary/aromatic N) is 2. The molecule has 2 aliphatic rings. The molecule has 0 aliphatic carbocycles. The number of hydrogen-bond donors (Lipinski definition) is 0. The van der Waals surface area contributed by atoms with Crippen molar-refractivity contribution in [1.29, 1.82) is 0 Å². The van der Waals surface area contributed by atoms with Gasteiger partial charge in [0.25, 0.3) is 5.91 Å². The SMILES string of the molecule is CC(Oc1ccccc1C(C)C)C(=O)N1CCN(Cc2ccc3c(c2)OCO3)CC1. The number of ether oxygens (including phenoxy) is 3. The number of carbonyl (C=O) groups excluding carboxylic acids is 1. The predicted molar refractivity (Wildman–Crippen MR) is 115 cm³/mol. The molecule has 0 N–H and O–H groups in total. The number of carbonyl (C=O) groups is 1. The lowest BCUT2D eigenvalue weighted by Gasteiger charge is -2.36. The Morgan fingerprint density at radius 2 is 1.73 bits per heavy atom. The molecule has 160 valence electrons. The largest absolute Gasteiger partial charge is 0.481 e. The van der Waals surface area contributed by atoms with E-state index in [1.807, 2.05) is 42.2 Å². The lowest BCUT2D eigenvalue weighted by Crippen LogP contribution is -2.51. The Kier molecular flexibility index (Phi) is 6.13. The second-order valence-corrected chi connectivity index (χ2v) is 8.24. The van der Waals surface area contributed by atoms with Crippen molar-refractivity contribution in [3.05, 3.63) is 53.6 Å². The predicted octanol–water partition coefficient (Wildman–Crippen LogP) is 3.65. The molecule has 4 rings (SSSR count). The van der Waals surface area contributed by atoms with E-state index in [-0.39, 0.29) is 5.91 Å². The number of rotatable bonds is 6. The minimum atomic E-state index is -0.495. The van der Waals surface area contributed by atoms with Crippen molar-refractivity contribution in [1.82, 2.24) is 9.80 Å². The first-order chi connectivity index (χ1) is 14.5. The Bertz CT molecular complexity index is 891. The molecule has 1 fully saturated rings. The van der Waals surface area contributed by atoms with Crippen molar-refractivity contribution in [2.24, 2.45) is 0 Å². The zero-order valence-corrected chi connectivity index (χ0v) is 18.0. The molecule has 0 radical (unpaired) electrons. The van der Waals surface area contributed by atoms with Crippen LogP contribution in [0.5, 0.6) is 17.2 Å². The molecule has 2 heterocycles. The first-order valence-corrected chi connectivity index (χ1v) is 10.7. The second kappa shape index (κ2) is 8.96. The van der Waals surface area contributed by atoms with Crippen molar-refractivity contribution in [3.8, 4) is 17.2 Å². The molecule has 1 atom stereocenters. The van der Waals surface area contributed by atoms with Crippen LogP contribution in [-0.4, -0.2) is 54.8 Å². The Balaban J connectivity index is 1.30. The smallest absolute Gasteiger partial charge is 0.263 e. The summed E-state index contributed by atoms with van der Waals surface area (Å²) in [7, 11) is 0. The lowest BCUT2D eigenvalue weighted by molar-refractivity contribution is -0.139. The minimum absolute atomic E-state index is 0.0521. The first-order valence-electron chi connectivity index (χ1n) is 10.7. The van der Waals surface area contributed by atoms with Gasteiger partial charge in [-0.1, -0.05) is 38.1 Å². The summed E-state index contributed by atoms with van der Waals surface area (Å²) in [5.41, 5.74) is 2.33. The normalized spacial score (nSPS) is 17.3. The number of benzene rings is 2. The molecule has 1 amide bonds. The van der Waals surface area contributed by atoms with Gasteiger partial charge in [0, 0.05) is 32.7 Å². The third-order valence-electron chi connectivity index (χ3n) is 5.72. The van der Waals surface area contributed by atoms with Crippen LogP contribution in [0.2, 0.25) is 0 Å². The molecule has 6 nitrogen and oxygen atoms in total. The van der Waals surface area contributed by atoms with E-state index in [0.29, 0.717) is 25.8 Å². The van der Waals surface area contributed by atoms with Crippen molar-refractivity contribution < 1.29 is 19.0 Å². The standard InChI is InChI=1S/C24H30N2O4/c1-17(2)20-6-4-5-7-21(20)30-18(3)24(27)26-12-10-25(11-13-26)15-19-8-9-22-23(14-19)29-16-28-22/h4-9,14,17-18H,10-13,15-16H2,1-3H3. The van der Waals surface area contributed by atoms with Crippen molar-refractivity contribution in [3.63, 3.8) is 0 Å². The summed E-state index contributed by atoms with van der Waals surface area (Å²) >= 11 is 0. The Hall–Kier alpha value is -2.73. The molecule has 6 heteroatoms.